The van der Waals surface area contributed by atoms with Gasteiger partial charge in [-0.2, -0.15) is 52.7 Å². The first kappa shape index (κ1) is 19.9. The van der Waals surface area contributed by atoms with Crippen molar-refractivity contribution >= 4 is 0 Å². The molecule has 0 N–H and O–H groups in total. The van der Waals surface area contributed by atoms with Gasteiger partial charge >= 0.3 is 35.5 Å². The van der Waals surface area contributed by atoms with Crippen LogP contribution in [0.5, 0.6) is 0 Å². The molecular weight excluding hydrogens is 336 g/mol. The van der Waals surface area contributed by atoms with Crippen molar-refractivity contribution in [1.29, 1.82) is 0 Å². The monoisotopic (exact) mass is 342 g/mol. The van der Waals surface area contributed by atoms with E-state index in [1.165, 1.54) is 0 Å². The van der Waals surface area contributed by atoms with Gasteiger partial charge in [0.2, 0.25) is 0 Å². The van der Waals surface area contributed by atoms with E-state index in [4.69, 9.17) is 0 Å². The number of alkyl halides is 12. The van der Waals surface area contributed by atoms with Crippen LogP contribution in [0.2, 0.25) is 0 Å². The summed E-state index contributed by atoms with van der Waals surface area (Å²) in [7, 11) is 0. The van der Waals surface area contributed by atoms with Gasteiger partial charge in [0.25, 0.3) is 0 Å². The van der Waals surface area contributed by atoms with Gasteiger partial charge in [-0.1, -0.05) is 6.58 Å². The molecule has 0 aromatic rings. The summed E-state index contributed by atoms with van der Waals surface area (Å²) in [5.41, 5.74) is 0. The molecule has 0 unspecified atom stereocenters. The average molecular weight is 342 g/mol. The molecular formula is C9H6F12. The van der Waals surface area contributed by atoms with Crippen molar-refractivity contribution in [3.8, 4) is 0 Å². The SMILES string of the molecule is C=CC(F)(F)C(F)(F)C(F)(F)C(F)(F)C(F)(F)C(C)(F)F. The summed E-state index contributed by atoms with van der Waals surface area (Å²) in [5, 5.41) is 0. The second-order valence-electron chi connectivity index (χ2n) is 4.01. The Morgan fingerprint density at radius 1 is 0.571 bits per heavy atom. The molecule has 0 rings (SSSR count). The van der Waals surface area contributed by atoms with E-state index in [1.807, 2.05) is 6.58 Å². The minimum Gasteiger partial charge on any atom is -0.200 e. The first-order chi connectivity index (χ1) is 8.81. The van der Waals surface area contributed by atoms with E-state index in [0.717, 1.165) is 0 Å². The molecule has 0 radical (unpaired) electrons. The first-order valence-electron chi connectivity index (χ1n) is 4.71. The highest BCUT2D eigenvalue weighted by molar-refractivity contribution is 5.14. The summed E-state index contributed by atoms with van der Waals surface area (Å²) >= 11 is 0. The number of hydrogen-bond acceptors (Lipinski definition) is 0. The topological polar surface area (TPSA) is 0 Å². The predicted molar refractivity (Wildman–Crippen MR) is 45.6 cm³/mol. The third-order valence-electron chi connectivity index (χ3n) is 2.41. The number of halogens is 12. The van der Waals surface area contributed by atoms with Crippen LogP contribution in [0.25, 0.3) is 0 Å². The molecule has 0 aliphatic heterocycles. The van der Waals surface area contributed by atoms with Crippen LogP contribution >= 0.6 is 0 Å². The van der Waals surface area contributed by atoms with Crippen molar-refractivity contribution < 1.29 is 52.7 Å². The lowest BCUT2D eigenvalue weighted by molar-refractivity contribution is -0.418. The molecule has 0 fully saturated rings. The zero-order chi connectivity index (χ0) is 17.7. The lowest BCUT2D eigenvalue weighted by Gasteiger charge is -2.40. The van der Waals surface area contributed by atoms with Crippen molar-refractivity contribution in [2.75, 3.05) is 0 Å². The van der Waals surface area contributed by atoms with Crippen LogP contribution in [0.3, 0.4) is 0 Å². The summed E-state index contributed by atoms with van der Waals surface area (Å²) in [5.74, 6) is -41.0. The summed E-state index contributed by atoms with van der Waals surface area (Å²) < 4.78 is 152. The fourth-order valence-corrected chi connectivity index (χ4v) is 1.01. The summed E-state index contributed by atoms with van der Waals surface area (Å²) in [6, 6.07) is 0. The van der Waals surface area contributed by atoms with E-state index in [2.05, 4.69) is 0 Å². The van der Waals surface area contributed by atoms with Crippen LogP contribution in [0.1, 0.15) is 6.92 Å². The third kappa shape index (κ3) is 2.45. The number of rotatable bonds is 6. The van der Waals surface area contributed by atoms with Crippen LogP contribution in [-0.2, 0) is 0 Å². The molecule has 0 saturated heterocycles. The minimum atomic E-state index is -7.50. The second-order valence-corrected chi connectivity index (χ2v) is 4.01. The highest BCUT2D eigenvalue weighted by Gasteiger charge is 2.88. The Bertz CT molecular complexity index is 401. The molecule has 0 heterocycles. The quantitative estimate of drug-likeness (QED) is 0.471. The van der Waals surface area contributed by atoms with Gasteiger partial charge in [0.1, 0.15) is 0 Å². The lowest BCUT2D eigenvalue weighted by atomic mass is 9.92. The van der Waals surface area contributed by atoms with Crippen molar-refractivity contribution in [1.82, 2.24) is 0 Å². The Morgan fingerprint density at radius 2 is 0.857 bits per heavy atom. The van der Waals surface area contributed by atoms with E-state index in [9.17, 15) is 52.7 Å². The fourth-order valence-electron chi connectivity index (χ4n) is 1.01. The zero-order valence-electron chi connectivity index (χ0n) is 9.82. The molecule has 0 saturated carbocycles. The molecule has 0 bridgehead atoms. The van der Waals surface area contributed by atoms with E-state index in [-0.39, 0.29) is 0 Å². The Morgan fingerprint density at radius 3 is 1.10 bits per heavy atom. The Hall–Kier alpha value is -1.10. The van der Waals surface area contributed by atoms with Gasteiger partial charge in [-0.05, 0) is 6.08 Å². The molecule has 0 aromatic heterocycles. The normalized spacial score (nSPS) is 16.0. The first-order valence-corrected chi connectivity index (χ1v) is 4.71. The highest BCUT2D eigenvalue weighted by atomic mass is 19.4. The van der Waals surface area contributed by atoms with Gasteiger partial charge in [0.05, 0.1) is 0 Å². The maximum atomic E-state index is 12.8. The fraction of sp³-hybridized carbons (Fsp3) is 0.778. The standard InChI is InChI=1S/C9H6F12/c1-3-5(12,13)7(16,17)9(20,21)8(18,19)6(14,15)4(2,10)11/h3H,1H2,2H3. The van der Waals surface area contributed by atoms with Gasteiger partial charge in [-0.3, -0.25) is 0 Å². The molecule has 12 heteroatoms. The summed E-state index contributed by atoms with van der Waals surface area (Å²) in [6.07, 6.45) is -1.20. The average Bonchev–Trinajstić information content (AvgIpc) is 2.26. The molecule has 0 amide bonds. The molecule has 126 valence electrons. The number of hydrogen-bond donors (Lipinski definition) is 0. The largest absolute Gasteiger partial charge is 0.385 e. The van der Waals surface area contributed by atoms with Crippen LogP contribution < -0.4 is 0 Å². The van der Waals surface area contributed by atoms with Crippen LogP contribution in [0, 0.1) is 0 Å². The predicted octanol–water partition coefficient (Wildman–Crippen LogP) is 5.00. The van der Waals surface area contributed by atoms with Gasteiger partial charge in [-0.25, -0.2) is 0 Å². The van der Waals surface area contributed by atoms with Gasteiger partial charge in [0.15, 0.2) is 0 Å². The van der Waals surface area contributed by atoms with E-state index in [0.29, 0.717) is 0 Å². The Balaban J connectivity index is 6.20. The van der Waals surface area contributed by atoms with Crippen molar-refractivity contribution in [2.24, 2.45) is 0 Å². The Labute approximate surface area is 109 Å². The van der Waals surface area contributed by atoms with Gasteiger partial charge in [-0.15, -0.1) is 0 Å². The van der Waals surface area contributed by atoms with E-state index < -0.39 is 48.5 Å². The molecule has 21 heavy (non-hydrogen) atoms. The van der Waals surface area contributed by atoms with Crippen molar-refractivity contribution in [3.05, 3.63) is 12.7 Å². The maximum Gasteiger partial charge on any atom is 0.385 e. The van der Waals surface area contributed by atoms with E-state index >= 15 is 0 Å². The van der Waals surface area contributed by atoms with Gasteiger partial charge < -0.3 is 0 Å². The smallest absolute Gasteiger partial charge is 0.200 e. The molecule has 0 atom stereocenters. The number of allylic oxidation sites excluding steroid dienone is 1. The van der Waals surface area contributed by atoms with E-state index in [1.54, 1.807) is 0 Å². The van der Waals surface area contributed by atoms with Crippen LogP contribution in [-0.4, -0.2) is 35.5 Å². The van der Waals surface area contributed by atoms with Crippen LogP contribution in [0.4, 0.5) is 52.7 Å². The summed E-state index contributed by atoms with van der Waals surface area (Å²) in [6.45, 7) is 1.00. The third-order valence-corrected chi connectivity index (χ3v) is 2.41. The molecule has 0 aliphatic rings. The van der Waals surface area contributed by atoms with Crippen molar-refractivity contribution in [3.63, 3.8) is 0 Å². The highest BCUT2D eigenvalue weighted by Crippen LogP contribution is 2.59. The maximum absolute atomic E-state index is 12.8. The second kappa shape index (κ2) is 4.70. The summed E-state index contributed by atoms with van der Waals surface area (Å²) in [4.78, 5) is 0. The lowest BCUT2D eigenvalue weighted by Crippen LogP contribution is -2.69. The molecule has 0 aliphatic carbocycles. The van der Waals surface area contributed by atoms with Gasteiger partial charge in [0, 0.05) is 6.92 Å². The molecule has 0 spiro atoms. The van der Waals surface area contributed by atoms with Crippen molar-refractivity contribution in [2.45, 2.75) is 42.5 Å². The Kier molecular flexibility index (Phi) is 4.45. The van der Waals surface area contributed by atoms with Crippen LogP contribution in [0.15, 0.2) is 12.7 Å². The minimum absolute atomic E-state index is 0.958. The molecule has 0 aromatic carbocycles. The zero-order valence-corrected chi connectivity index (χ0v) is 9.82. The molecule has 0 nitrogen and oxygen atoms in total.